The number of ether oxygens (including phenoxy) is 2. The molecule has 0 saturated carbocycles. The average Bonchev–Trinajstić information content (AvgIpc) is 3.15. The van der Waals surface area contributed by atoms with Gasteiger partial charge < -0.3 is 18.8 Å². The van der Waals surface area contributed by atoms with Gasteiger partial charge in [0.25, 0.3) is 5.89 Å². The van der Waals surface area contributed by atoms with Crippen molar-refractivity contribution < 1.29 is 13.9 Å². The molecule has 3 heterocycles. The summed E-state index contributed by atoms with van der Waals surface area (Å²) < 4.78 is 16.4. The molecule has 1 saturated heterocycles. The molecule has 0 N–H and O–H groups in total. The van der Waals surface area contributed by atoms with Crippen LogP contribution in [0.5, 0.6) is 0 Å². The van der Waals surface area contributed by atoms with Gasteiger partial charge in [0.05, 0.1) is 25.5 Å². The molecule has 0 aliphatic carbocycles. The smallest absolute Gasteiger partial charge is 0.259 e. The summed E-state index contributed by atoms with van der Waals surface area (Å²) in [6.45, 7) is 8.46. The highest BCUT2D eigenvalue weighted by Gasteiger charge is 2.20. The first kappa shape index (κ1) is 15.4. The van der Waals surface area contributed by atoms with Crippen LogP contribution in [0.4, 0.5) is 5.13 Å². The van der Waals surface area contributed by atoms with E-state index < -0.39 is 0 Å². The number of morpholine rings is 1. The van der Waals surface area contributed by atoms with E-state index in [1.807, 2.05) is 13.8 Å². The molecule has 1 aliphatic heterocycles. The topological polar surface area (TPSA) is 73.5 Å². The summed E-state index contributed by atoms with van der Waals surface area (Å²) in [7, 11) is 0. The molecule has 2 aromatic rings. The second-order valence-electron chi connectivity index (χ2n) is 4.96. The second-order valence-corrected chi connectivity index (χ2v) is 5.94. The van der Waals surface area contributed by atoms with E-state index in [2.05, 4.69) is 20.1 Å². The largest absolute Gasteiger partial charge is 0.420 e. The average molecular weight is 324 g/mol. The molecule has 0 radical (unpaired) electrons. The molecule has 1 aliphatic rings. The van der Waals surface area contributed by atoms with Crippen molar-refractivity contribution in [3.8, 4) is 10.8 Å². The number of aromatic nitrogens is 3. The Morgan fingerprint density at radius 3 is 2.86 bits per heavy atom. The molecule has 1 fully saturated rings. The third-order valence-corrected chi connectivity index (χ3v) is 4.60. The van der Waals surface area contributed by atoms with Gasteiger partial charge in [-0.05, 0) is 13.8 Å². The second kappa shape index (κ2) is 7.17. The van der Waals surface area contributed by atoms with E-state index in [1.54, 1.807) is 11.3 Å². The number of hydrogen-bond donors (Lipinski definition) is 0. The summed E-state index contributed by atoms with van der Waals surface area (Å²) in [5.74, 6) is 1.14. The zero-order valence-corrected chi connectivity index (χ0v) is 13.7. The number of aryl methyl sites for hydroxylation is 1. The first-order chi connectivity index (χ1) is 10.8. The van der Waals surface area contributed by atoms with Crippen LogP contribution in [-0.4, -0.2) is 54.7 Å². The van der Waals surface area contributed by atoms with Crippen LogP contribution in [0.3, 0.4) is 0 Å². The standard InChI is InChI=1S/C14H20N4O3S/c1-3-19-7-4-11-16-17-13(21-11)12-10(2)15-14(22-12)18-5-8-20-9-6-18/h3-9H2,1-2H3. The summed E-state index contributed by atoms with van der Waals surface area (Å²) in [6.07, 6.45) is 0.634. The van der Waals surface area contributed by atoms with Crippen LogP contribution >= 0.6 is 11.3 Å². The minimum absolute atomic E-state index is 0.543. The number of thiazole rings is 1. The number of anilines is 1. The maximum absolute atomic E-state index is 5.72. The summed E-state index contributed by atoms with van der Waals surface area (Å²) in [5.41, 5.74) is 0.923. The highest BCUT2D eigenvalue weighted by Crippen LogP contribution is 2.34. The van der Waals surface area contributed by atoms with Crippen LogP contribution in [0.15, 0.2) is 4.42 Å². The Morgan fingerprint density at radius 1 is 1.27 bits per heavy atom. The number of hydrogen-bond acceptors (Lipinski definition) is 8. The van der Waals surface area contributed by atoms with Crippen molar-refractivity contribution in [1.29, 1.82) is 0 Å². The first-order valence-corrected chi connectivity index (χ1v) is 8.30. The van der Waals surface area contributed by atoms with Crippen molar-refractivity contribution in [1.82, 2.24) is 15.2 Å². The molecule has 22 heavy (non-hydrogen) atoms. The molecule has 0 atom stereocenters. The van der Waals surface area contributed by atoms with Crippen LogP contribution in [0, 0.1) is 6.92 Å². The van der Waals surface area contributed by atoms with Crippen molar-refractivity contribution in [2.45, 2.75) is 20.3 Å². The maximum Gasteiger partial charge on any atom is 0.259 e. The molecule has 120 valence electrons. The fraction of sp³-hybridized carbons (Fsp3) is 0.643. The Balaban J connectivity index is 1.72. The van der Waals surface area contributed by atoms with E-state index in [0.29, 0.717) is 31.4 Å². The van der Waals surface area contributed by atoms with Gasteiger partial charge in [-0.15, -0.1) is 10.2 Å². The summed E-state index contributed by atoms with van der Waals surface area (Å²) in [5, 5.41) is 9.21. The van der Waals surface area contributed by atoms with Gasteiger partial charge in [-0.1, -0.05) is 11.3 Å². The Hall–Kier alpha value is -1.51. The Kier molecular flexibility index (Phi) is 5.01. The predicted molar refractivity (Wildman–Crippen MR) is 83.4 cm³/mol. The molecule has 8 heteroatoms. The van der Waals surface area contributed by atoms with E-state index in [9.17, 15) is 0 Å². The quantitative estimate of drug-likeness (QED) is 0.752. The third-order valence-electron chi connectivity index (χ3n) is 3.39. The molecular formula is C14H20N4O3S. The van der Waals surface area contributed by atoms with Crippen molar-refractivity contribution in [3.63, 3.8) is 0 Å². The molecule has 7 nitrogen and oxygen atoms in total. The summed E-state index contributed by atoms with van der Waals surface area (Å²) in [4.78, 5) is 7.81. The van der Waals surface area contributed by atoms with Crippen LogP contribution < -0.4 is 4.90 Å². The molecule has 3 rings (SSSR count). The fourth-order valence-corrected chi connectivity index (χ4v) is 3.26. The van der Waals surface area contributed by atoms with Crippen LogP contribution in [0.1, 0.15) is 18.5 Å². The molecule has 0 unspecified atom stereocenters. The molecule has 0 spiro atoms. The molecule has 0 amide bonds. The number of rotatable bonds is 6. The van der Waals surface area contributed by atoms with Gasteiger partial charge in [-0.3, -0.25) is 0 Å². The lowest BCUT2D eigenvalue weighted by molar-refractivity contribution is 0.122. The van der Waals surface area contributed by atoms with Gasteiger partial charge >= 0.3 is 0 Å². The highest BCUT2D eigenvalue weighted by atomic mass is 32.1. The van der Waals surface area contributed by atoms with E-state index in [0.717, 1.165) is 42.0 Å². The zero-order chi connectivity index (χ0) is 15.4. The Labute approximate surface area is 133 Å². The highest BCUT2D eigenvalue weighted by molar-refractivity contribution is 7.19. The van der Waals surface area contributed by atoms with Gasteiger partial charge in [0.15, 0.2) is 5.13 Å². The van der Waals surface area contributed by atoms with E-state index in [-0.39, 0.29) is 0 Å². The predicted octanol–water partition coefficient (Wildman–Crippen LogP) is 1.92. The van der Waals surface area contributed by atoms with Crippen molar-refractivity contribution in [2.24, 2.45) is 0 Å². The monoisotopic (exact) mass is 324 g/mol. The first-order valence-electron chi connectivity index (χ1n) is 7.48. The minimum atomic E-state index is 0.543. The van der Waals surface area contributed by atoms with Crippen molar-refractivity contribution in [3.05, 3.63) is 11.6 Å². The maximum atomic E-state index is 5.72. The lowest BCUT2D eigenvalue weighted by Gasteiger charge is -2.25. The van der Waals surface area contributed by atoms with Crippen LogP contribution in [-0.2, 0) is 15.9 Å². The lowest BCUT2D eigenvalue weighted by Crippen LogP contribution is -2.36. The van der Waals surface area contributed by atoms with Crippen LogP contribution in [0.2, 0.25) is 0 Å². The minimum Gasteiger partial charge on any atom is -0.420 e. The van der Waals surface area contributed by atoms with Gasteiger partial charge in [0, 0.05) is 26.1 Å². The van der Waals surface area contributed by atoms with E-state index in [4.69, 9.17) is 13.9 Å². The van der Waals surface area contributed by atoms with E-state index in [1.165, 1.54) is 0 Å². The van der Waals surface area contributed by atoms with Gasteiger partial charge in [0.2, 0.25) is 5.89 Å². The molecule has 2 aromatic heterocycles. The third kappa shape index (κ3) is 3.45. The normalized spacial score (nSPS) is 15.5. The Bertz CT molecular complexity index is 607. The number of nitrogens with zero attached hydrogens (tertiary/aromatic N) is 4. The van der Waals surface area contributed by atoms with Gasteiger partial charge in [0.1, 0.15) is 4.88 Å². The lowest BCUT2D eigenvalue weighted by atomic mass is 10.4. The van der Waals surface area contributed by atoms with Crippen LogP contribution in [0.25, 0.3) is 10.8 Å². The SMILES string of the molecule is CCOCCc1nnc(-c2sc(N3CCOCC3)nc2C)o1. The zero-order valence-electron chi connectivity index (χ0n) is 12.9. The molecule has 0 bridgehead atoms. The Morgan fingerprint density at radius 2 is 2.09 bits per heavy atom. The van der Waals surface area contributed by atoms with Crippen molar-refractivity contribution in [2.75, 3.05) is 44.4 Å². The summed E-state index contributed by atoms with van der Waals surface area (Å²) in [6, 6.07) is 0. The van der Waals surface area contributed by atoms with Crippen molar-refractivity contribution >= 4 is 16.5 Å². The fourth-order valence-electron chi connectivity index (χ4n) is 2.22. The van der Waals surface area contributed by atoms with Gasteiger partial charge in [-0.2, -0.15) is 0 Å². The van der Waals surface area contributed by atoms with Gasteiger partial charge in [-0.25, -0.2) is 4.98 Å². The van der Waals surface area contributed by atoms with E-state index >= 15 is 0 Å². The molecule has 0 aromatic carbocycles. The summed E-state index contributed by atoms with van der Waals surface area (Å²) >= 11 is 1.59. The molecular weight excluding hydrogens is 304 g/mol.